The fraction of sp³-hybridized carbons (Fsp3) is 0.333. The molecule has 2 aromatic carbocycles. The van der Waals surface area contributed by atoms with Gasteiger partial charge in [0.25, 0.3) is 5.91 Å². The molecule has 0 aliphatic carbocycles. The fourth-order valence-electron chi connectivity index (χ4n) is 3.12. The third-order valence-electron chi connectivity index (χ3n) is 4.80. The first-order chi connectivity index (χ1) is 13.1. The van der Waals surface area contributed by atoms with Gasteiger partial charge in [-0.2, -0.15) is 0 Å². The number of piperazine rings is 1. The lowest BCUT2D eigenvalue weighted by atomic mass is 10.0. The van der Waals surface area contributed by atoms with Gasteiger partial charge in [0.05, 0.1) is 13.7 Å². The molecule has 1 heterocycles. The molecular weight excluding hydrogens is 342 g/mol. The molecule has 1 aliphatic heterocycles. The van der Waals surface area contributed by atoms with Crippen LogP contribution in [-0.4, -0.2) is 68.5 Å². The Kier molecular flexibility index (Phi) is 6.08. The van der Waals surface area contributed by atoms with E-state index in [1.807, 2.05) is 37.4 Å². The summed E-state index contributed by atoms with van der Waals surface area (Å²) in [4.78, 5) is 28.8. The van der Waals surface area contributed by atoms with Crippen LogP contribution in [0.4, 0.5) is 0 Å². The highest BCUT2D eigenvalue weighted by molar-refractivity contribution is 5.98. The molecule has 0 unspecified atom stereocenters. The molecule has 0 spiro atoms. The molecule has 1 aliphatic rings. The summed E-state index contributed by atoms with van der Waals surface area (Å²) >= 11 is 0. The number of carbonyl (C=O) groups excluding carboxylic acids is 2. The van der Waals surface area contributed by atoms with Gasteiger partial charge in [-0.15, -0.1) is 0 Å². The van der Waals surface area contributed by atoms with Crippen LogP contribution in [-0.2, 0) is 4.79 Å². The Labute approximate surface area is 159 Å². The van der Waals surface area contributed by atoms with Crippen LogP contribution in [0.3, 0.4) is 0 Å². The Hall–Kier alpha value is -2.86. The van der Waals surface area contributed by atoms with E-state index in [9.17, 15) is 9.59 Å². The second-order valence-corrected chi connectivity index (χ2v) is 6.65. The van der Waals surface area contributed by atoms with Gasteiger partial charge in [-0.25, -0.2) is 0 Å². The van der Waals surface area contributed by atoms with Crippen molar-refractivity contribution >= 4 is 11.8 Å². The Bertz CT molecular complexity index is 800. The number of ether oxygens (including phenoxy) is 1. The summed E-state index contributed by atoms with van der Waals surface area (Å²) in [5.74, 6) is 0.386. The van der Waals surface area contributed by atoms with Crippen molar-refractivity contribution in [3.63, 3.8) is 0 Å². The number of hydrogen-bond acceptors (Lipinski definition) is 4. The number of carbonyl (C=O) groups is 2. The predicted molar refractivity (Wildman–Crippen MR) is 105 cm³/mol. The van der Waals surface area contributed by atoms with Crippen LogP contribution in [0.25, 0.3) is 11.1 Å². The molecular formula is C21H25N3O3. The van der Waals surface area contributed by atoms with E-state index < -0.39 is 0 Å². The van der Waals surface area contributed by atoms with Gasteiger partial charge in [-0.3, -0.25) is 9.59 Å². The SMILES string of the molecule is COc1ccc(C(=O)NCC(=O)N2CCN(C)CC2)cc1-c1ccccc1. The van der Waals surface area contributed by atoms with E-state index >= 15 is 0 Å². The summed E-state index contributed by atoms with van der Waals surface area (Å²) in [6.45, 7) is 3.13. The average molecular weight is 367 g/mol. The molecule has 142 valence electrons. The first-order valence-corrected chi connectivity index (χ1v) is 9.06. The van der Waals surface area contributed by atoms with Gasteiger partial charge >= 0.3 is 0 Å². The monoisotopic (exact) mass is 367 g/mol. The van der Waals surface area contributed by atoms with E-state index in [0.29, 0.717) is 24.4 Å². The van der Waals surface area contributed by atoms with E-state index in [0.717, 1.165) is 24.2 Å². The Morgan fingerprint density at radius 1 is 1.04 bits per heavy atom. The summed E-state index contributed by atoms with van der Waals surface area (Å²) in [7, 11) is 3.65. The van der Waals surface area contributed by atoms with E-state index in [1.165, 1.54) is 0 Å². The first-order valence-electron chi connectivity index (χ1n) is 9.06. The summed E-state index contributed by atoms with van der Waals surface area (Å²) in [6.07, 6.45) is 0. The third-order valence-corrected chi connectivity index (χ3v) is 4.80. The molecule has 6 nitrogen and oxygen atoms in total. The number of amides is 2. The van der Waals surface area contributed by atoms with Gasteiger partial charge in [0.1, 0.15) is 5.75 Å². The normalized spacial score (nSPS) is 14.7. The van der Waals surface area contributed by atoms with Crippen LogP contribution >= 0.6 is 0 Å². The molecule has 0 atom stereocenters. The minimum absolute atomic E-state index is 0.00917. The molecule has 1 N–H and O–H groups in total. The lowest BCUT2D eigenvalue weighted by Gasteiger charge is -2.32. The van der Waals surface area contributed by atoms with E-state index in [2.05, 4.69) is 10.2 Å². The molecule has 2 amide bonds. The molecule has 0 aromatic heterocycles. The second-order valence-electron chi connectivity index (χ2n) is 6.65. The maximum atomic E-state index is 12.5. The van der Waals surface area contributed by atoms with Gasteiger partial charge < -0.3 is 19.9 Å². The van der Waals surface area contributed by atoms with Crippen molar-refractivity contribution < 1.29 is 14.3 Å². The standard InChI is InChI=1S/C21H25N3O3/c1-23-10-12-24(13-11-23)20(25)15-22-21(26)17-8-9-19(27-2)18(14-17)16-6-4-3-5-7-16/h3-9,14H,10-13,15H2,1-2H3,(H,22,26). The number of likely N-dealkylation sites (N-methyl/N-ethyl adjacent to an activating group) is 1. The maximum absolute atomic E-state index is 12.5. The van der Waals surface area contributed by atoms with Crippen molar-refractivity contribution in [3.05, 3.63) is 54.1 Å². The Balaban J connectivity index is 1.67. The molecule has 0 bridgehead atoms. The number of rotatable bonds is 5. The second kappa shape index (κ2) is 8.68. The van der Waals surface area contributed by atoms with Crippen LogP contribution in [0, 0.1) is 0 Å². The van der Waals surface area contributed by atoms with E-state index in [4.69, 9.17) is 4.74 Å². The number of nitrogens with one attached hydrogen (secondary N) is 1. The van der Waals surface area contributed by atoms with E-state index in [-0.39, 0.29) is 18.4 Å². The molecule has 1 fully saturated rings. The number of nitrogens with zero attached hydrogens (tertiary/aromatic N) is 2. The van der Waals surface area contributed by atoms with Gasteiger partial charge in [-0.05, 0) is 30.8 Å². The van der Waals surface area contributed by atoms with Gasteiger partial charge in [0, 0.05) is 37.3 Å². The lowest BCUT2D eigenvalue weighted by Crippen LogP contribution is -2.50. The zero-order valence-corrected chi connectivity index (χ0v) is 15.8. The van der Waals surface area contributed by atoms with Crippen molar-refractivity contribution in [2.24, 2.45) is 0 Å². The third kappa shape index (κ3) is 4.65. The topological polar surface area (TPSA) is 61.9 Å². The van der Waals surface area contributed by atoms with Gasteiger partial charge in [0.2, 0.25) is 5.91 Å². The highest BCUT2D eigenvalue weighted by Crippen LogP contribution is 2.30. The van der Waals surface area contributed by atoms with Gasteiger partial charge in [-0.1, -0.05) is 30.3 Å². The summed E-state index contributed by atoms with van der Waals surface area (Å²) in [5.41, 5.74) is 2.31. The molecule has 3 rings (SSSR count). The van der Waals surface area contributed by atoms with E-state index in [1.54, 1.807) is 30.2 Å². The van der Waals surface area contributed by atoms with Crippen LogP contribution in [0.5, 0.6) is 5.75 Å². The molecule has 1 saturated heterocycles. The highest BCUT2D eigenvalue weighted by atomic mass is 16.5. The van der Waals surface area contributed by atoms with Gasteiger partial charge in [0.15, 0.2) is 0 Å². The minimum Gasteiger partial charge on any atom is -0.496 e. The largest absolute Gasteiger partial charge is 0.496 e. The van der Waals surface area contributed by atoms with Crippen molar-refractivity contribution in [2.75, 3.05) is 46.9 Å². The minimum atomic E-state index is -0.266. The van der Waals surface area contributed by atoms with Crippen LogP contribution in [0.15, 0.2) is 48.5 Å². The Morgan fingerprint density at radius 3 is 2.41 bits per heavy atom. The highest BCUT2D eigenvalue weighted by Gasteiger charge is 2.20. The summed E-state index contributed by atoms with van der Waals surface area (Å²) < 4.78 is 5.42. The van der Waals surface area contributed by atoms with Crippen molar-refractivity contribution in [1.82, 2.24) is 15.1 Å². The first kappa shape index (κ1) is 18.9. The summed E-state index contributed by atoms with van der Waals surface area (Å²) in [6, 6.07) is 15.0. The predicted octanol–water partition coefficient (Wildman–Crippen LogP) is 1.87. The smallest absolute Gasteiger partial charge is 0.251 e. The molecule has 0 saturated carbocycles. The number of methoxy groups -OCH3 is 1. The Morgan fingerprint density at radius 2 is 1.74 bits per heavy atom. The molecule has 0 radical (unpaired) electrons. The number of benzene rings is 2. The van der Waals surface area contributed by atoms with Crippen LogP contribution < -0.4 is 10.1 Å². The molecule has 6 heteroatoms. The summed E-state index contributed by atoms with van der Waals surface area (Å²) in [5, 5.41) is 2.74. The fourth-order valence-corrected chi connectivity index (χ4v) is 3.12. The van der Waals surface area contributed by atoms with Crippen molar-refractivity contribution in [2.45, 2.75) is 0 Å². The van der Waals surface area contributed by atoms with Crippen molar-refractivity contribution in [1.29, 1.82) is 0 Å². The lowest BCUT2D eigenvalue weighted by molar-refractivity contribution is -0.131. The molecule has 2 aromatic rings. The zero-order chi connectivity index (χ0) is 19.2. The average Bonchev–Trinajstić information content (AvgIpc) is 2.72. The van der Waals surface area contributed by atoms with Crippen molar-refractivity contribution in [3.8, 4) is 16.9 Å². The maximum Gasteiger partial charge on any atom is 0.251 e. The quantitative estimate of drug-likeness (QED) is 0.876. The molecule has 27 heavy (non-hydrogen) atoms. The van der Waals surface area contributed by atoms with Crippen LogP contribution in [0.2, 0.25) is 0 Å². The zero-order valence-electron chi connectivity index (χ0n) is 15.8. The number of hydrogen-bond donors (Lipinski definition) is 1. The van der Waals surface area contributed by atoms with Crippen LogP contribution in [0.1, 0.15) is 10.4 Å².